The molecule has 2 aromatic rings. The van der Waals surface area contributed by atoms with E-state index in [9.17, 15) is 14.7 Å². The van der Waals surface area contributed by atoms with Crippen LogP contribution in [0.4, 0.5) is 0 Å². The zero-order valence-corrected chi connectivity index (χ0v) is 14.4. The monoisotopic (exact) mass is 344 g/mol. The SMILES string of the molecule is COc1ccc(C(=O)CC(=O)Cc2ccc(OC)c(OC)c2)c(O)c1. The zero-order valence-electron chi connectivity index (χ0n) is 14.4. The molecule has 25 heavy (non-hydrogen) atoms. The number of Topliss-reactive ketones (excluding diaryl/α,β-unsaturated/α-hetero) is 2. The molecule has 0 unspecified atom stereocenters. The summed E-state index contributed by atoms with van der Waals surface area (Å²) in [6.45, 7) is 0. The van der Waals surface area contributed by atoms with Crippen LogP contribution in [0.2, 0.25) is 0 Å². The van der Waals surface area contributed by atoms with E-state index in [1.165, 1.54) is 33.5 Å². The molecule has 2 rings (SSSR count). The Hall–Kier alpha value is -3.02. The van der Waals surface area contributed by atoms with Gasteiger partial charge in [-0.05, 0) is 29.8 Å². The number of carbonyl (C=O) groups is 2. The molecule has 0 aliphatic carbocycles. The third kappa shape index (κ3) is 4.50. The maximum Gasteiger partial charge on any atom is 0.173 e. The minimum Gasteiger partial charge on any atom is -0.507 e. The van der Waals surface area contributed by atoms with Crippen LogP contribution >= 0.6 is 0 Å². The lowest BCUT2D eigenvalue weighted by Crippen LogP contribution is -2.11. The Labute approximate surface area is 146 Å². The van der Waals surface area contributed by atoms with E-state index in [0.717, 1.165) is 5.56 Å². The predicted molar refractivity (Wildman–Crippen MR) is 91.9 cm³/mol. The van der Waals surface area contributed by atoms with Crippen molar-refractivity contribution in [3.63, 3.8) is 0 Å². The number of carbonyl (C=O) groups excluding carboxylic acids is 2. The second-order valence-corrected chi connectivity index (χ2v) is 5.39. The highest BCUT2D eigenvalue weighted by molar-refractivity contribution is 6.09. The average molecular weight is 344 g/mol. The topological polar surface area (TPSA) is 82.1 Å². The first-order valence-electron chi connectivity index (χ1n) is 7.61. The van der Waals surface area contributed by atoms with Crippen LogP contribution in [0.1, 0.15) is 22.3 Å². The molecule has 0 fully saturated rings. The molecule has 2 aromatic carbocycles. The summed E-state index contributed by atoms with van der Waals surface area (Å²) in [7, 11) is 4.50. The number of phenols is 1. The minimum atomic E-state index is -0.439. The maximum atomic E-state index is 12.2. The molecule has 0 radical (unpaired) electrons. The van der Waals surface area contributed by atoms with Crippen LogP contribution in [0.25, 0.3) is 0 Å². The normalized spacial score (nSPS) is 10.2. The smallest absolute Gasteiger partial charge is 0.173 e. The summed E-state index contributed by atoms with van der Waals surface area (Å²) in [6.07, 6.45) is -0.211. The summed E-state index contributed by atoms with van der Waals surface area (Å²) in [6, 6.07) is 9.50. The molecule has 6 heteroatoms. The summed E-state index contributed by atoms with van der Waals surface area (Å²) >= 11 is 0. The van der Waals surface area contributed by atoms with E-state index in [-0.39, 0.29) is 29.9 Å². The number of hydrogen-bond donors (Lipinski definition) is 1. The maximum absolute atomic E-state index is 12.2. The molecule has 0 heterocycles. The Bertz CT molecular complexity index is 781. The number of ketones is 2. The molecule has 0 spiro atoms. The van der Waals surface area contributed by atoms with Crippen LogP contribution in [0, 0.1) is 0 Å². The Balaban J connectivity index is 2.06. The molecule has 0 atom stereocenters. The summed E-state index contributed by atoms with van der Waals surface area (Å²) in [5.41, 5.74) is 0.816. The molecule has 0 aromatic heterocycles. The van der Waals surface area contributed by atoms with E-state index in [4.69, 9.17) is 14.2 Å². The van der Waals surface area contributed by atoms with Crippen LogP contribution in [0.15, 0.2) is 36.4 Å². The number of aromatic hydroxyl groups is 1. The van der Waals surface area contributed by atoms with Crippen LogP contribution in [0.5, 0.6) is 23.0 Å². The Morgan fingerprint density at radius 1 is 0.920 bits per heavy atom. The molecule has 6 nitrogen and oxygen atoms in total. The van der Waals surface area contributed by atoms with Crippen molar-refractivity contribution < 1.29 is 28.9 Å². The Morgan fingerprint density at radius 2 is 1.64 bits per heavy atom. The molecule has 0 bridgehead atoms. The van der Waals surface area contributed by atoms with Gasteiger partial charge in [0.05, 0.1) is 33.3 Å². The van der Waals surface area contributed by atoms with Gasteiger partial charge >= 0.3 is 0 Å². The Morgan fingerprint density at radius 3 is 2.24 bits per heavy atom. The molecular formula is C19H20O6. The van der Waals surface area contributed by atoms with Gasteiger partial charge < -0.3 is 19.3 Å². The van der Waals surface area contributed by atoms with Gasteiger partial charge in [-0.25, -0.2) is 0 Å². The fourth-order valence-electron chi connectivity index (χ4n) is 2.43. The van der Waals surface area contributed by atoms with E-state index in [2.05, 4.69) is 0 Å². The van der Waals surface area contributed by atoms with Gasteiger partial charge in [0.1, 0.15) is 17.3 Å². The average Bonchev–Trinajstić information content (AvgIpc) is 2.61. The third-order valence-corrected chi connectivity index (χ3v) is 3.71. The second-order valence-electron chi connectivity index (χ2n) is 5.39. The van der Waals surface area contributed by atoms with E-state index in [1.54, 1.807) is 24.3 Å². The first kappa shape index (κ1) is 18.3. The highest BCUT2D eigenvalue weighted by Gasteiger charge is 2.17. The number of ether oxygens (including phenoxy) is 3. The summed E-state index contributed by atoms with van der Waals surface area (Å²) < 4.78 is 15.3. The highest BCUT2D eigenvalue weighted by atomic mass is 16.5. The Kier molecular flexibility index (Phi) is 6.00. The highest BCUT2D eigenvalue weighted by Crippen LogP contribution is 2.28. The van der Waals surface area contributed by atoms with Crippen molar-refractivity contribution >= 4 is 11.6 Å². The number of methoxy groups -OCH3 is 3. The van der Waals surface area contributed by atoms with Gasteiger partial charge in [-0.3, -0.25) is 9.59 Å². The van der Waals surface area contributed by atoms with E-state index in [1.807, 2.05) is 0 Å². The van der Waals surface area contributed by atoms with Gasteiger partial charge in [-0.2, -0.15) is 0 Å². The molecular weight excluding hydrogens is 324 g/mol. The van der Waals surface area contributed by atoms with E-state index in [0.29, 0.717) is 17.2 Å². The van der Waals surface area contributed by atoms with Crippen molar-refractivity contribution in [2.24, 2.45) is 0 Å². The summed E-state index contributed by atoms with van der Waals surface area (Å²) in [5.74, 6) is 0.622. The van der Waals surface area contributed by atoms with E-state index < -0.39 is 5.78 Å². The minimum absolute atomic E-state index is 0.0863. The van der Waals surface area contributed by atoms with Gasteiger partial charge in [-0.1, -0.05) is 6.07 Å². The number of phenolic OH excluding ortho intramolecular Hbond substituents is 1. The lowest BCUT2D eigenvalue weighted by atomic mass is 10.0. The molecule has 0 aliphatic rings. The van der Waals surface area contributed by atoms with Gasteiger partial charge in [0.25, 0.3) is 0 Å². The van der Waals surface area contributed by atoms with Gasteiger partial charge in [0, 0.05) is 12.5 Å². The van der Waals surface area contributed by atoms with Crippen molar-refractivity contribution in [2.45, 2.75) is 12.8 Å². The lowest BCUT2D eigenvalue weighted by molar-refractivity contribution is -0.117. The standard InChI is InChI=1S/C19H20O6/c1-23-14-5-6-15(17(22)11-14)16(21)10-13(20)8-12-4-7-18(24-2)19(9-12)25-3/h4-7,9,11,22H,8,10H2,1-3H3. The summed E-state index contributed by atoms with van der Waals surface area (Å²) in [5, 5.41) is 9.88. The van der Waals surface area contributed by atoms with Gasteiger partial charge in [0.2, 0.25) is 0 Å². The van der Waals surface area contributed by atoms with Gasteiger partial charge in [0.15, 0.2) is 17.3 Å². The lowest BCUT2D eigenvalue weighted by Gasteiger charge is -2.09. The van der Waals surface area contributed by atoms with Crippen LogP contribution in [-0.4, -0.2) is 38.0 Å². The fraction of sp³-hybridized carbons (Fsp3) is 0.263. The summed E-state index contributed by atoms with van der Waals surface area (Å²) in [4.78, 5) is 24.4. The van der Waals surface area contributed by atoms with Crippen LogP contribution in [-0.2, 0) is 11.2 Å². The molecule has 0 aliphatic heterocycles. The number of benzene rings is 2. The third-order valence-electron chi connectivity index (χ3n) is 3.71. The van der Waals surface area contributed by atoms with E-state index >= 15 is 0 Å². The van der Waals surface area contributed by atoms with Crippen LogP contribution < -0.4 is 14.2 Å². The number of hydrogen-bond acceptors (Lipinski definition) is 6. The second kappa shape index (κ2) is 8.19. The van der Waals surface area contributed by atoms with Crippen LogP contribution in [0.3, 0.4) is 0 Å². The van der Waals surface area contributed by atoms with Crippen molar-refractivity contribution in [1.29, 1.82) is 0 Å². The fourth-order valence-corrected chi connectivity index (χ4v) is 2.43. The number of rotatable bonds is 8. The predicted octanol–water partition coefficient (Wildman–Crippen LogP) is 2.80. The quantitative estimate of drug-likeness (QED) is 0.586. The zero-order chi connectivity index (χ0) is 18.4. The molecule has 0 saturated carbocycles. The first-order chi connectivity index (χ1) is 12.0. The van der Waals surface area contributed by atoms with Gasteiger partial charge in [-0.15, -0.1) is 0 Å². The molecule has 0 amide bonds. The molecule has 1 N–H and O–H groups in total. The van der Waals surface area contributed by atoms with Crippen molar-refractivity contribution in [3.8, 4) is 23.0 Å². The first-order valence-corrected chi connectivity index (χ1v) is 7.61. The van der Waals surface area contributed by atoms with Crippen molar-refractivity contribution in [2.75, 3.05) is 21.3 Å². The van der Waals surface area contributed by atoms with Crippen molar-refractivity contribution in [3.05, 3.63) is 47.5 Å². The largest absolute Gasteiger partial charge is 0.507 e. The molecule has 0 saturated heterocycles. The molecule has 132 valence electrons. The van der Waals surface area contributed by atoms with Crippen molar-refractivity contribution in [1.82, 2.24) is 0 Å².